The third-order valence-electron chi connectivity index (χ3n) is 4.47. The van der Waals surface area contributed by atoms with Gasteiger partial charge in [0.05, 0.1) is 11.3 Å². The van der Waals surface area contributed by atoms with Crippen molar-refractivity contribution in [2.75, 3.05) is 29.9 Å². The highest BCUT2D eigenvalue weighted by Gasteiger charge is 2.28. The lowest BCUT2D eigenvalue weighted by Crippen LogP contribution is -2.33. The fourth-order valence-corrected chi connectivity index (χ4v) is 3.59. The number of likely N-dealkylation sites (N-methyl/N-ethyl adjacent to an activating group) is 1. The van der Waals surface area contributed by atoms with Crippen molar-refractivity contribution in [3.05, 3.63) is 71.0 Å². The highest BCUT2D eigenvalue weighted by atomic mass is 35.5. The van der Waals surface area contributed by atoms with Crippen LogP contribution in [0.1, 0.15) is 12.5 Å². The third-order valence-corrected chi connectivity index (χ3v) is 5.39. The number of allylic oxidation sites excluding steroid dienone is 1. The summed E-state index contributed by atoms with van der Waals surface area (Å²) in [6.45, 7) is 2.07. The SMILES string of the molecule is CCSNc1ccc(Nc2ccc(Cl)cc2)c(C2=CN(C)C(=O)/C(=C/NC)C2=N)c1. The number of anilines is 3. The van der Waals surface area contributed by atoms with E-state index in [9.17, 15) is 4.79 Å². The highest BCUT2D eigenvalue weighted by Crippen LogP contribution is 2.35. The van der Waals surface area contributed by atoms with E-state index in [0.29, 0.717) is 16.2 Å². The summed E-state index contributed by atoms with van der Waals surface area (Å²) >= 11 is 7.60. The topological polar surface area (TPSA) is 80.2 Å². The average molecular weight is 442 g/mol. The van der Waals surface area contributed by atoms with Crippen LogP contribution in [0.5, 0.6) is 0 Å². The molecule has 0 aromatic heterocycles. The van der Waals surface area contributed by atoms with Gasteiger partial charge in [-0.05, 0) is 42.5 Å². The maximum Gasteiger partial charge on any atom is 0.261 e. The zero-order chi connectivity index (χ0) is 21.7. The first-order valence-electron chi connectivity index (χ1n) is 9.45. The molecule has 3 rings (SSSR count). The van der Waals surface area contributed by atoms with Gasteiger partial charge in [0.25, 0.3) is 5.91 Å². The molecule has 0 saturated heterocycles. The second kappa shape index (κ2) is 9.73. The number of amides is 1. The van der Waals surface area contributed by atoms with Gasteiger partial charge in [0.15, 0.2) is 0 Å². The van der Waals surface area contributed by atoms with Crippen molar-refractivity contribution in [1.29, 1.82) is 5.41 Å². The number of hydrogen-bond acceptors (Lipinski definition) is 6. The molecule has 6 nitrogen and oxygen atoms in total. The molecule has 0 atom stereocenters. The zero-order valence-corrected chi connectivity index (χ0v) is 18.6. The molecule has 2 aromatic carbocycles. The molecule has 0 bridgehead atoms. The van der Waals surface area contributed by atoms with Crippen LogP contribution < -0.4 is 15.4 Å². The van der Waals surface area contributed by atoms with E-state index < -0.39 is 0 Å². The van der Waals surface area contributed by atoms with Crippen LogP contribution in [0.2, 0.25) is 5.02 Å². The molecule has 0 radical (unpaired) electrons. The molecule has 8 heteroatoms. The molecule has 0 saturated carbocycles. The Labute approximate surface area is 186 Å². The van der Waals surface area contributed by atoms with E-state index in [1.165, 1.54) is 4.90 Å². The summed E-state index contributed by atoms with van der Waals surface area (Å²) in [6, 6.07) is 13.4. The molecule has 1 amide bonds. The Morgan fingerprint density at radius 2 is 1.87 bits per heavy atom. The number of carbonyl (C=O) groups excluding carboxylic acids is 1. The second-order valence-electron chi connectivity index (χ2n) is 6.61. The van der Waals surface area contributed by atoms with Gasteiger partial charge in [-0.3, -0.25) is 10.2 Å². The van der Waals surface area contributed by atoms with Crippen molar-refractivity contribution in [2.24, 2.45) is 0 Å². The van der Waals surface area contributed by atoms with E-state index in [1.807, 2.05) is 42.5 Å². The van der Waals surface area contributed by atoms with Gasteiger partial charge in [0, 0.05) is 65.5 Å². The van der Waals surface area contributed by atoms with Crippen molar-refractivity contribution in [2.45, 2.75) is 6.92 Å². The molecule has 1 aliphatic heterocycles. The van der Waals surface area contributed by atoms with E-state index in [-0.39, 0.29) is 11.6 Å². The summed E-state index contributed by atoms with van der Waals surface area (Å²) in [6.07, 6.45) is 3.27. The van der Waals surface area contributed by atoms with Gasteiger partial charge in [0.1, 0.15) is 0 Å². The Morgan fingerprint density at radius 1 is 1.17 bits per heavy atom. The number of nitrogens with zero attached hydrogens (tertiary/aromatic N) is 1. The lowest BCUT2D eigenvalue weighted by molar-refractivity contribution is -0.123. The van der Waals surface area contributed by atoms with Gasteiger partial charge >= 0.3 is 0 Å². The van der Waals surface area contributed by atoms with Gasteiger partial charge in [-0.1, -0.05) is 30.5 Å². The molecule has 4 N–H and O–H groups in total. The van der Waals surface area contributed by atoms with Crippen LogP contribution in [-0.4, -0.2) is 36.4 Å². The first-order valence-corrected chi connectivity index (χ1v) is 10.8. The third kappa shape index (κ3) is 4.80. The minimum Gasteiger partial charge on any atom is -0.393 e. The van der Waals surface area contributed by atoms with Crippen LogP contribution in [0.25, 0.3) is 5.57 Å². The molecular formula is C22H24ClN5OS. The van der Waals surface area contributed by atoms with Gasteiger partial charge in [-0.25, -0.2) is 0 Å². The molecule has 30 heavy (non-hydrogen) atoms. The number of benzene rings is 2. The van der Waals surface area contributed by atoms with E-state index in [1.54, 1.807) is 38.4 Å². The smallest absolute Gasteiger partial charge is 0.261 e. The number of nitrogens with one attached hydrogen (secondary N) is 4. The van der Waals surface area contributed by atoms with Crippen LogP contribution in [0.4, 0.5) is 17.1 Å². The summed E-state index contributed by atoms with van der Waals surface area (Å²) in [5.41, 5.74) is 4.59. The largest absolute Gasteiger partial charge is 0.393 e. The molecule has 1 heterocycles. The fraction of sp³-hybridized carbons (Fsp3) is 0.182. The van der Waals surface area contributed by atoms with Crippen molar-refractivity contribution < 1.29 is 4.79 Å². The summed E-state index contributed by atoms with van der Waals surface area (Å²) in [5.74, 6) is 0.700. The maximum absolute atomic E-state index is 12.5. The van der Waals surface area contributed by atoms with Gasteiger partial charge in [0.2, 0.25) is 0 Å². The van der Waals surface area contributed by atoms with E-state index in [0.717, 1.165) is 28.4 Å². The molecular weight excluding hydrogens is 418 g/mol. The van der Waals surface area contributed by atoms with Gasteiger partial charge < -0.3 is 20.3 Å². The zero-order valence-electron chi connectivity index (χ0n) is 17.0. The monoisotopic (exact) mass is 441 g/mol. The summed E-state index contributed by atoms with van der Waals surface area (Å²) in [7, 11) is 3.41. The first kappa shape index (κ1) is 21.8. The summed E-state index contributed by atoms with van der Waals surface area (Å²) in [4.78, 5) is 14.0. The molecule has 0 fully saturated rings. The minimum absolute atomic E-state index is 0.173. The number of rotatable bonds is 7. The van der Waals surface area contributed by atoms with Gasteiger partial charge in [-0.15, -0.1) is 0 Å². The van der Waals surface area contributed by atoms with Crippen LogP contribution >= 0.6 is 23.5 Å². The normalized spacial score (nSPS) is 15.3. The molecule has 2 aromatic rings. The number of carbonyl (C=O) groups is 1. The molecule has 0 unspecified atom stereocenters. The Hall–Kier alpha value is -2.90. The molecule has 0 spiro atoms. The highest BCUT2D eigenvalue weighted by molar-refractivity contribution is 8.00. The quantitative estimate of drug-likeness (QED) is 0.355. The van der Waals surface area contributed by atoms with E-state index in [4.69, 9.17) is 17.0 Å². The average Bonchev–Trinajstić information content (AvgIpc) is 2.74. The van der Waals surface area contributed by atoms with Crippen LogP contribution in [0.3, 0.4) is 0 Å². The number of hydrogen-bond donors (Lipinski definition) is 4. The first-order chi connectivity index (χ1) is 14.4. The Balaban J connectivity index is 2.08. The predicted molar refractivity (Wildman–Crippen MR) is 129 cm³/mol. The summed E-state index contributed by atoms with van der Waals surface area (Å²) < 4.78 is 3.31. The van der Waals surface area contributed by atoms with Crippen LogP contribution in [0, 0.1) is 5.41 Å². The molecule has 0 aliphatic carbocycles. The predicted octanol–water partition coefficient (Wildman–Crippen LogP) is 5.10. The molecule has 156 valence electrons. The van der Waals surface area contributed by atoms with Crippen molar-refractivity contribution in [1.82, 2.24) is 10.2 Å². The van der Waals surface area contributed by atoms with E-state index >= 15 is 0 Å². The van der Waals surface area contributed by atoms with Gasteiger partial charge in [-0.2, -0.15) is 0 Å². The Kier molecular flexibility index (Phi) is 7.07. The van der Waals surface area contributed by atoms with Crippen LogP contribution in [-0.2, 0) is 4.79 Å². The lowest BCUT2D eigenvalue weighted by atomic mass is 9.92. The summed E-state index contributed by atoms with van der Waals surface area (Å²) in [5, 5.41) is 15.6. The minimum atomic E-state index is -0.221. The standard InChI is InChI=1S/C22H24ClN5OS/c1-4-30-27-16-9-10-20(26-15-7-5-14(23)6-8-15)17(11-16)19-13-28(3)22(29)18(12-25-2)21(19)24/h5-13,24-27H,4H2,1-3H3/b18-12+,24-21?. The van der Waals surface area contributed by atoms with E-state index in [2.05, 4.69) is 22.3 Å². The maximum atomic E-state index is 12.5. The fourth-order valence-electron chi connectivity index (χ4n) is 3.03. The van der Waals surface area contributed by atoms with Crippen LogP contribution in [0.15, 0.2) is 60.4 Å². The Morgan fingerprint density at radius 3 is 2.53 bits per heavy atom. The Bertz CT molecular complexity index is 1020. The second-order valence-corrected chi connectivity index (χ2v) is 8.11. The van der Waals surface area contributed by atoms with Crippen molar-refractivity contribution in [3.63, 3.8) is 0 Å². The van der Waals surface area contributed by atoms with Crippen molar-refractivity contribution in [3.8, 4) is 0 Å². The molecule has 1 aliphatic rings. The van der Waals surface area contributed by atoms with Crippen molar-refractivity contribution >= 4 is 57.8 Å². The number of halogens is 1. The lowest BCUT2D eigenvalue weighted by Gasteiger charge is -2.26.